The normalized spacial score (nSPS) is 13.1. The first-order valence-electron chi connectivity index (χ1n) is 20.9. The van der Waals surface area contributed by atoms with Gasteiger partial charge in [-0.05, 0) is 77.3 Å². The minimum atomic E-state index is -1.72. The van der Waals surface area contributed by atoms with Gasteiger partial charge in [0.2, 0.25) is 0 Å². The van der Waals surface area contributed by atoms with E-state index in [4.69, 9.17) is 4.98 Å². The van der Waals surface area contributed by atoms with Crippen LogP contribution in [0.5, 0.6) is 0 Å². The number of thiophene rings is 1. The summed E-state index contributed by atoms with van der Waals surface area (Å²) < 4.78 is 3.08. The molecule has 0 aliphatic heterocycles. The quantitative estimate of drug-likeness (QED) is 0.0559. The molecule has 4 rings (SSSR count). The minimum Gasteiger partial charge on any atom is -0.512 e. The van der Waals surface area contributed by atoms with E-state index in [1.165, 1.54) is 56.2 Å². The molecule has 55 heavy (non-hydrogen) atoms. The minimum absolute atomic E-state index is 0. The molecule has 0 amide bonds. The van der Waals surface area contributed by atoms with E-state index in [2.05, 4.69) is 123 Å². The fraction of sp³-hybridized carbons (Fsp3) is 0.592. The Labute approximate surface area is 355 Å². The molecule has 0 bridgehead atoms. The van der Waals surface area contributed by atoms with Gasteiger partial charge in [-0.25, -0.2) is 0 Å². The number of aromatic nitrogens is 1. The second kappa shape index (κ2) is 20.0. The van der Waals surface area contributed by atoms with E-state index in [1.54, 1.807) is 4.50 Å². The number of benzene rings is 2. The number of hydrogen-bond donors (Lipinski definition) is 1. The number of aliphatic hydroxyl groups is 1. The monoisotopic (exact) mass is 961 g/mol. The average Bonchev–Trinajstić information content (AvgIpc) is 3.46. The molecule has 3 nitrogen and oxygen atoms in total. The number of nitrogens with zero attached hydrogens (tertiary/aromatic N) is 1. The topological polar surface area (TPSA) is 50.2 Å². The number of ketones is 1. The predicted molar refractivity (Wildman–Crippen MR) is 242 cm³/mol. The van der Waals surface area contributed by atoms with Crippen molar-refractivity contribution in [2.75, 3.05) is 0 Å². The van der Waals surface area contributed by atoms with Crippen LogP contribution in [0.25, 0.3) is 32.1 Å². The van der Waals surface area contributed by atoms with Crippen molar-refractivity contribution >= 4 is 50.6 Å². The van der Waals surface area contributed by atoms with E-state index in [-0.39, 0.29) is 47.9 Å². The fourth-order valence-electron chi connectivity index (χ4n) is 8.38. The van der Waals surface area contributed by atoms with Gasteiger partial charge in [0.25, 0.3) is 0 Å². The van der Waals surface area contributed by atoms with E-state index in [0.29, 0.717) is 0 Å². The van der Waals surface area contributed by atoms with E-state index in [1.807, 2.05) is 47.7 Å². The summed E-state index contributed by atoms with van der Waals surface area (Å²) in [5.41, 5.74) is 4.57. The van der Waals surface area contributed by atoms with Crippen LogP contribution < -0.4 is 4.50 Å². The Bertz CT molecular complexity index is 1860. The zero-order chi connectivity index (χ0) is 40.8. The molecule has 0 saturated heterocycles. The standard InChI is InChI=1S/C34H46NSSi.C15H28O2.Ir/c1-22(2)19-37(20-23(3)4,21-24(5)6)33-25(7)28-15-16-35-31(32(28)36-33)27-17-26-13-11-12-14-29(26)30(18-27)34(8,9)10;1-7-14(5,8-2)12(16)11-13(17)15(6,9-3)10-4;/h11-16,18,22-24H,19-21H2,1-10H3;11,16H,7-10H2,1-6H3;/q-1;;/b;12-11-;. The maximum Gasteiger partial charge on any atom is 0.164 e. The molecule has 2 aromatic heterocycles. The van der Waals surface area contributed by atoms with E-state index >= 15 is 0 Å². The third-order valence-corrected chi connectivity index (χ3v) is 21.0. The smallest absolute Gasteiger partial charge is 0.164 e. The Morgan fingerprint density at radius 3 is 1.80 bits per heavy atom. The number of allylic oxidation sites excluding steroid dienone is 2. The van der Waals surface area contributed by atoms with Gasteiger partial charge < -0.3 is 5.11 Å². The van der Waals surface area contributed by atoms with E-state index < -0.39 is 8.07 Å². The molecule has 0 saturated carbocycles. The molecule has 2 aromatic carbocycles. The Hall–Kier alpha value is -2.11. The second-order valence-corrected chi connectivity index (χ2v) is 24.7. The molecule has 0 atom stereocenters. The van der Waals surface area contributed by atoms with Crippen molar-refractivity contribution in [3.63, 3.8) is 0 Å². The van der Waals surface area contributed by atoms with Gasteiger partial charge >= 0.3 is 0 Å². The van der Waals surface area contributed by atoms with Crippen LogP contribution in [-0.2, 0) is 30.3 Å². The molecule has 0 unspecified atom stereocenters. The number of hydrogen-bond acceptors (Lipinski definition) is 4. The van der Waals surface area contributed by atoms with Gasteiger partial charge in [-0.2, -0.15) is 11.3 Å². The summed E-state index contributed by atoms with van der Waals surface area (Å²) in [4.78, 5) is 17.2. The van der Waals surface area contributed by atoms with Gasteiger partial charge in [0.05, 0.1) is 0 Å². The molecule has 4 aromatic rings. The van der Waals surface area contributed by atoms with E-state index in [0.717, 1.165) is 54.7 Å². The number of rotatable bonds is 15. The Kier molecular flexibility index (Phi) is 17.9. The fourth-order valence-corrected chi connectivity index (χ4v) is 18.0. The van der Waals surface area contributed by atoms with Crippen molar-refractivity contribution in [2.24, 2.45) is 28.6 Å². The molecule has 0 aliphatic carbocycles. The Morgan fingerprint density at radius 1 is 0.818 bits per heavy atom. The van der Waals surface area contributed by atoms with Crippen molar-refractivity contribution in [2.45, 2.75) is 160 Å². The van der Waals surface area contributed by atoms with Crippen LogP contribution in [0.3, 0.4) is 0 Å². The zero-order valence-corrected chi connectivity index (χ0v) is 41.6. The molecule has 0 spiro atoms. The number of fused-ring (bicyclic) bond motifs is 2. The number of carbonyl (C=O) groups excluding carboxylic acids is 1. The van der Waals surface area contributed by atoms with Gasteiger partial charge in [0.15, 0.2) is 5.78 Å². The van der Waals surface area contributed by atoms with Crippen molar-refractivity contribution in [3.05, 3.63) is 71.6 Å². The maximum absolute atomic E-state index is 12.2. The number of aliphatic hydroxyl groups excluding tert-OH is 1. The first kappa shape index (κ1) is 49.0. The second-order valence-electron chi connectivity index (χ2n) is 19.0. The average molecular weight is 962 g/mol. The molecule has 0 fully saturated rings. The molecule has 0 aliphatic rings. The molecule has 6 heteroatoms. The summed E-state index contributed by atoms with van der Waals surface area (Å²) in [7, 11) is -1.72. The largest absolute Gasteiger partial charge is 0.512 e. The summed E-state index contributed by atoms with van der Waals surface area (Å²) in [6.07, 6.45) is 6.78. The molecular formula is C49H74IrNO2SSi-. The molecule has 307 valence electrons. The van der Waals surface area contributed by atoms with Gasteiger partial charge in [0.1, 0.15) is 13.8 Å². The number of aryl methyl sites for hydroxylation is 1. The van der Waals surface area contributed by atoms with E-state index in [9.17, 15) is 9.90 Å². The van der Waals surface area contributed by atoms with Gasteiger partial charge in [-0.15, -0.1) is 29.1 Å². The van der Waals surface area contributed by atoms with Crippen LogP contribution in [0.2, 0.25) is 18.1 Å². The Morgan fingerprint density at radius 2 is 1.33 bits per heavy atom. The SMILES string of the molecule is CCC(C)(CC)C(=O)/C=C(\O)C(C)(CC)CC.Cc1c([Si](CC(C)C)(CC(C)C)CC(C)C)sc2c(-c3[c-]c4ccccc4c(C(C)(C)C)c3)nccc12.[Ir]. The number of pyridine rings is 1. The molecule has 1 radical (unpaired) electrons. The summed E-state index contributed by atoms with van der Waals surface area (Å²) in [5.74, 6) is 2.44. The van der Waals surface area contributed by atoms with Gasteiger partial charge in [0, 0.05) is 53.6 Å². The van der Waals surface area contributed by atoms with Crippen LogP contribution in [0, 0.1) is 41.6 Å². The van der Waals surface area contributed by atoms with Crippen LogP contribution in [0.1, 0.15) is 141 Å². The molecular weight excluding hydrogens is 887 g/mol. The van der Waals surface area contributed by atoms with Crippen molar-refractivity contribution < 1.29 is 30.0 Å². The van der Waals surface area contributed by atoms with Crippen LogP contribution in [0.4, 0.5) is 0 Å². The van der Waals surface area contributed by atoms with Crippen LogP contribution in [-0.4, -0.2) is 23.9 Å². The van der Waals surface area contributed by atoms with Crippen LogP contribution >= 0.6 is 11.3 Å². The van der Waals surface area contributed by atoms with Crippen LogP contribution in [0.15, 0.2) is 54.4 Å². The molecule has 1 N–H and O–H groups in total. The third kappa shape index (κ3) is 11.5. The zero-order valence-electron chi connectivity index (χ0n) is 37.3. The van der Waals surface area contributed by atoms with Crippen molar-refractivity contribution in [1.82, 2.24) is 4.98 Å². The summed E-state index contributed by atoms with van der Waals surface area (Å²) in [6.45, 7) is 36.0. The summed E-state index contributed by atoms with van der Waals surface area (Å²) in [5, 5.41) is 14.0. The molecule has 2 heterocycles. The van der Waals surface area contributed by atoms with Gasteiger partial charge in [-0.1, -0.05) is 151 Å². The van der Waals surface area contributed by atoms with Crippen molar-refractivity contribution in [3.8, 4) is 11.3 Å². The first-order valence-corrected chi connectivity index (χ1v) is 24.4. The Balaban J connectivity index is 0.000000493. The third-order valence-electron chi connectivity index (χ3n) is 12.2. The maximum atomic E-state index is 12.2. The number of carbonyl (C=O) groups is 1. The summed E-state index contributed by atoms with van der Waals surface area (Å²) >= 11 is 2.08. The summed E-state index contributed by atoms with van der Waals surface area (Å²) in [6, 6.07) is 21.2. The predicted octanol–water partition coefficient (Wildman–Crippen LogP) is 14.8. The van der Waals surface area contributed by atoms with Crippen molar-refractivity contribution in [1.29, 1.82) is 0 Å². The first-order chi connectivity index (χ1) is 25.1. The van der Waals surface area contributed by atoms with Gasteiger partial charge in [-0.3, -0.25) is 9.78 Å².